The smallest absolute Gasteiger partial charge is 0.277 e. The van der Waals surface area contributed by atoms with Crippen LogP contribution in [0.1, 0.15) is 19.4 Å². The van der Waals surface area contributed by atoms with E-state index in [1.54, 1.807) is 12.4 Å². The van der Waals surface area contributed by atoms with Gasteiger partial charge in [0.05, 0.1) is 10.1 Å². The van der Waals surface area contributed by atoms with E-state index in [1.165, 1.54) is 23.1 Å². The number of thioether (sulfide) groups is 1. The summed E-state index contributed by atoms with van der Waals surface area (Å²) in [5.74, 6) is 0.548. The van der Waals surface area contributed by atoms with Crippen molar-refractivity contribution in [3.63, 3.8) is 0 Å². The van der Waals surface area contributed by atoms with Gasteiger partial charge < -0.3 is 9.73 Å². The molecule has 6 nitrogen and oxygen atoms in total. The number of thiophene rings is 1. The van der Waals surface area contributed by atoms with Gasteiger partial charge in [0.1, 0.15) is 0 Å². The fraction of sp³-hybridized carbons (Fsp3) is 0.294. The molecule has 0 aliphatic rings. The van der Waals surface area contributed by atoms with Gasteiger partial charge in [0.25, 0.3) is 11.1 Å². The first kappa shape index (κ1) is 17.6. The molecule has 0 aliphatic heterocycles. The predicted molar refractivity (Wildman–Crippen MR) is 98.2 cm³/mol. The monoisotopic (exact) mass is 374 g/mol. The summed E-state index contributed by atoms with van der Waals surface area (Å²) in [7, 11) is 0. The number of carbonyl (C=O) groups is 1. The lowest BCUT2D eigenvalue weighted by Crippen LogP contribution is -2.35. The van der Waals surface area contributed by atoms with Crippen molar-refractivity contribution in [3.8, 4) is 10.8 Å². The summed E-state index contributed by atoms with van der Waals surface area (Å²) in [6, 6.07) is 7.63. The summed E-state index contributed by atoms with van der Waals surface area (Å²) < 4.78 is 5.68. The normalized spacial score (nSPS) is 12.3. The van der Waals surface area contributed by atoms with Crippen molar-refractivity contribution in [1.29, 1.82) is 0 Å². The highest BCUT2D eigenvalue weighted by Gasteiger charge is 2.26. The molecular weight excluding hydrogens is 356 g/mol. The third-order valence-electron chi connectivity index (χ3n) is 3.42. The first-order valence-corrected chi connectivity index (χ1v) is 9.60. The lowest BCUT2D eigenvalue weighted by molar-refractivity contribution is -0.121. The van der Waals surface area contributed by atoms with E-state index in [9.17, 15) is 4.79 Å². The molecular formula is C17H18N4O2S2. The fourth-order valence-corrected chi connectivity index (χ4v) is 3.69. The van der Waals surface area contributed by atoms with Crippen molar-refractivity contribution in [1.82, 2.24) is 20.5 Å². The Labute approximate surface area is 154 Å². The predicted octanol–water partition coefficient (Wildman–Crippen LogP) is 3.63. The van der Waals surface area contributed by atoms with Gasteiger partial charge in [-0.05, 0) is 29.0 Å². The topological polar surface area (TPSA) is 80.9 Å². The molecule has 3 heterocycles. The number of aromatic nitrogens is 3. The molecule has 0 aromatic carbocycles. The molecule has 1 atom stereocenters. The highest BCUT2D eigenvalue weighted by Crippen LogP contribution is 2.31. The Morgan fingerprint density at radius 1 is 1.32 bits per heavy atom. The number of hydrogen-bond acceptors (Lipinski definition) is 7. The molecule has 1 amide bonds. The third kappa shape index (κ3) is 4.67. The number of hydrogen-bond donors (Lipinski definition) is 1. The van der Waals surface area contributed by atoms with Gasteiger partial charge in [0, 0.05) is 18.9 Å². The minimum absolute atomic E-state index is 0.0558. The van der Waals surface area contributed by atoms with Crippen LogP contribution in [0.2, 0.25) is 0 Å². The number of amides is 1. The van der Waals surface area contributed by atoms with Crippen LogP contribution in [0.3, 0.4) is 0 Å². The Balaban J connectivity index is 1.64. The van der Waals surface area contributed by atoms with E-state index in [4.69, 9.17) is 4.42 Å². The largest absolute Gasteiger partial charge is 0.410 e. The summed E-state index contributed by atoms with van der Waals surface area (Å²) >= 11 is 2.83. The first-order chi connectivity index (χ1) is 12.1. The summed E-state index contributed by atoms with van der Waals surface area (Å²) in [5, 5.41) is 13.1. The van der Waals surface area contributed by atoms with Crippen molar-refractivity contribution in [2.45, 2.75) is 30.9 Å². The minimum atomic E-state index is -0.312. The average molecular weight is 374 g/mol. The van der Waals surface area contributed by atoms with E-state index in [0.29, 0.717) is 17.7 Å². The van der Waals surface area contributed by atoms with E-state index in [1.807, 2.05) is 43.5 Å². The zero-order valence-electron chi connectivity index (χ0n) is 13.9. The minimum Gasteiger partial charge on any atom is -0.410 e. The zero-order valence-corrected chi connectivity index (χ0v) is 15.5. The van der Waals surface area contributed by atoms with Crippen molar-refractivity contribution in [2.75, 3.05) is 0 Å². The molecule has 0 fully saturated rings. The maximum atomic E-state index is 12.6. The lowest BCUT2D eigenvalue weighted by atomic mass is 10.1. The van der Waals surface area contributed by atoms with Crippen molar-refractivity contribution < 1.29 is 9.21 Å². The lowest BCUT2D eigenvalue weighted by Gasteiger charge is -2.17. The van der Waals surface area contributed by atoms with Crippen LogP contribution in [-0.4, -0.2) is 26.3 Å². The standard InChI is InChI=1S/C17H18N4O2S2/c1-11(2)14(15(22)19-10-12-5-3-7-18-9-12)25-17-21-20-16(23-17)13-6-4-8-24-13/h3-9,11,14H,10H2,1-2H3,(H,19,22)/t14-/m1/s1. The highest BCUT2D eigenvalue weighted by atomic mass is 32.2. The molecule has 0 spiro atoms. The number of nitrogens with one attached hydrogen (secondary N) is 1. The Kier molecular flexibility index (Phi) is 5.83. The molecule has 0 aliphatic carbocycles. The highest BCUT2D eigenvalue weighted by molar-refractivity contribution is 8.00. The first-order valence-electron chi connectivity index (χ1n) is 7.84. The van der Waals surface area contributed by atoms with Crippen LogP contribution in [0, 0.1) is 5.92 Å². The van der Waals surface area contributed by atoms with E-state index >= 15 is 0 Å². The fourth-order valence-electron chi connectivity index (χ4n) is 2.15. The molecule has 3 aromatic heterocycles. The van der Waals surface area contributed by atoms with Crippen LogP contribution in [0.4, 0.5) is 0 Å². The molecule has 0 bridgehead atoms. The maximum Gasteiger partial charge on any atom is 0.277 e. The van der Waals surface area contributed by atoms with Gasteiger partial charge in [0.15, 0.2) is 0 Å². The second-order valence-corrected chi connectivity index (χ2v) is 7.75. The van der Waals surface area contributed by atoms with Crippen LogP contribution in [-0.2, 0) is 11.3 Å². The third-order valence-corrected chi connectivity index (χ3v) is 5.66. The Morgan fingerprint density at radius 2 is 2.20 bits per heavy atom. The molecule has 8 heteroatoms. The van der Waals surface area contributed by atoms with Crippen molar-refractivity contribution in [3.05, 3.63) is 47.6 Å². The Hall–Kier alpha value is -2.19. The van der Waals surface area contributed by atoms with Crippen molar-refractivity contribution >= 4 is 29.0 Å². The molecule has 0 saturated carbocycles. The Morgan fingerprint density at radius 3 is 2.88 bits per heavy atom. The molecule has 25 heavy (non-hydrogen) atoms. The molecule has 1 N–H and O–H groups in total. The SMILES string of the molecule is CC(C)[C@@H](Sc1nnc(-c2cccs2)o1)C(=O)NCc1cccnc1. The number of nitrogens with zero attached hydrogens (tertiary/aromatic N) is 3. The second kappa shape index (κ2) is 8.26. The van der Waals surface area contributed by atoms with E-state index in [2.05, 4.69) is 20.5 Å². The van der Waals surface area contributed by atoms with Crippen LogP contribution < -0.4 is 5.32 Å². The van der Waals surface area contributed by atoms with Gasteiger partial charge in [0.2, 0.25) is 5.91 Å². The molecule has 3 rings (SSSR count). The van der Waals surface area contributed by atoms with Crippen LogP contribution >= 0.6 is 23.1 Å². The van der Waals surface area contributed by atoms with Crippen LogP contribution in [0.25, 0.3) is 10.8 Å². The van der Waals surface area contributed by atoms with Crippen LogP contribution in [0.15, 0.2) is 51.7 Å². The quantitative estimate of drug-likeness (QED) is 0.636. The summed E-state index contributed by atoms with van der Waals surface area (Å²) in [6.45, 7) is 4.44. The second-order valence-electron chi connectivity index (χ2n) is 5.71. The summed E-state index contributed by atoms with van der Waals surface area (Å²) in [5.41, 5.74) is 0.959. The van der Waals surface area contributed by atoms with Gasteiger partial charge in [-0.2, -0.15) is 0 Å². The summed E-state index contributed by atoms with van der Waals surface area (Å²) in [4.78, 5) is 17.5. The molecule has 0 saturated heterocycles. The summed E-state index contributed by atoms with van der Waals surface area (Å²) in [6.07, 6.45) is 3.45. The van der Waals surface area contributed by atoms with Crippen LogP contribution in [0.5, 0.6) is 0 Å². The number of carbonyl (C=O) groups excluding carboxylic acids is 1. The van der Waals surface area contributed by atoms with Gasteiger partial charge in [-0.25, -0.2) is 0 Å². The van der Waals surface area contributed by atoms with E-state index in [0.717, 1.165) is 10.4 Å². The maximum absolute atomic E-state index is 12.6. The van der Waals surface area contributed by atoms with E-state index < -0.39 is 0 Å². The Bertz CT molecular complexity index is 803. The van der Waals surface area contributed by atoms with Gasteiger partial charge in [-0.15, -0.1) is 21.5 Å². The molecule has 0 radical (unpaired) electrons. The number of pyridine rings is 1. The van der Waals surface area contributed by atoms with Gasteiger partial charge in [-0.1, -0.05) is 37.7 Å². The van der Waals surface area contributed by atoms with Gasteiger partial charge in [-0.3, -0.25) is 9.78 Å². The molecule has 3 aromatic rings. The molecule has 130 valence electrons. The molecule has 0 unspecified atom stereocenters. The van der Waals surface area contributed by atoms with Crippen molar-refractivity contribution in [2.24, 2.45) is 5.92 Å². The van der Waals surface area contributed by atoms with E-state index in [-0.39, 0.29) is 17.1 Å². The number of rotatable bonds is 7. The zero-order chi connectivity index (χ0) is 17.6. The average Bonchev–Trinajstić information content (AvgIpc) is 3.29. The van der Waals surface area contributed by atoms with Gasteiger partial charge >= 0.3 is 0 Å².